The van der Waals surface area contributed by atoms with Crippen molar-refractivity contribution in [2.45, 2.75) is 54.9 Å². The maximum absolute atomic E-state index is 11.2. The molecule has 0 aromatic carbocycles. The summed E-state index contributed by atoms with van der Waals surface area (Å²) in [7, 11) is 0. The van der Waals surface area contributed by atoms with Crippen molar-refractivity contribution in [1.82, 2.24) is 0 Å². The molecule has 3 heteroatoms. The van der Waals surface area contributed by atoms with Crippen LogP contribution in [-0.4, -0.2) is 5.78 Å². The summed E-state index contributed by atoms with van der Waals surface area (Å²) >= 11 is 0. The Labute approximate surface area is 134 Å². The maximum atomic E-state index is 11.2. The van der Waals surface area contributed by atoms with Gasteiger partial charge in [0.15, 0.2) is 0 Å². The Kier molecular flexibility index (Phi) is 15.8. The summed E-state index contributed by atoms with van der Waals surface area (Å²) in [6, 6.07) is 0. The van der Waals surface area contributed by atoms with E-state index in [4.69, 9.17) is 4.74 Å². The third-order valence-corrected chi connectivity index (χ3v) is 1.56. The van der Waals surface area contributed by atoms with Gasteiger partial charge in [0, 0.05) is 5.78 Å². The van der Waals surface area contributed by atoms with Gasteiger partial charge in [0.2, 0.25) is 0 Å². The quantitative estimate of drug-likeness (QED) is 0.354. The molecule has 0 N–H and O–H groups in total. The molecule has 0 aliphatic rings. The zero-order valence-electron chi connectivity index (χ0n) is 13.4. The Bertz CT molecular complexity index is 273. The van der Waals surface area contributed by atoms with Gasteiger partial charge in [-0.25, -0.2) is 0 Å². The van der Waals surface area contributed by atoms with Crippen molar-refractivity contribution in [1.29, 1.82) is 0 Å². The molecule has 0 aliphatic carbocycles. The summed E-state index contributed by atoms with van der Waals surface area (Å²) in [5, 5.41) is 0. The molecule has 0 atom stereocenters. The van der Waals surface area contributed by atoms with Gasteiger partial charge in [0.25, 0.3) is 0 Å². The van der Waals surface area contributed by atoms with Crippen molar-refractivity contribution in [2.24, 2.45) is 11.3 Å². The standard InChI is InChI=1S/C13H20O2.C3H8.W/c1-7-11(14)8-12(13(4,5)6)15-9-10(2)3;1-3-2;/h7,9-10H,1H2,2-6H3;3H2,1-2H3;/q-2;;+2. The number of ether oxygens (including phenoxy) is 1. The molecule has 110 valence electrons. The Hall–Kier alpha value is -0.362. The number of hydrogen-bond acceptors (Lipinski definition) is 2. The smallest absolute Gasteiger partial charge is 0.678 e. The van der Waals surface area contributed by atoms with E-state index in [2.05, 4.69) is 26.5 Å². The van der Waals surface area contributed by atoms with Crippen LogP contribution in [0.4, 0.5) is 0 Å². The molecule has 0 saturated heterocycles. The molecule has 0 spiro atoms. The van der Waals surface area contributed by atoms with Gasteiger partial charge in [-0.2, -0.15) is 25.3 Å². The van der Waals surface area contributed by atoms with Crippen molar-refractivity contribution < 1.29 is 30.6 Å². The van der Waals surface area contributed by atoms with Gasteiger partial charge < -0.3 is 9.53 Å². The molecular weight excluding hydrogens is 408 g/mol. The van der Waals surface area contributed by atoms with Crippen LogP contribution >= 0.6 is 0 Å². The second kappa shape index (κ2) is 12.7. The van der Waals surface area contributed by atoms with Crippen LogP contribution in [0, 0.1) is 24.0 Å². The van der Waals surface area contributed by atoms with Crippen LogP contribution in [0.2, 0.25) is 0 Å². The summed E-state index contributed by atoms with van der Waals surface area (Å²) in [6.45, 7) is 19.3. The minimum absolute atomic E-state index is 0. The first-order chi connectivity index (χ1) is 8.18. The van der Waals surface area contributed by atoms with Crippen LogP contribution in [0.5, 0.6) is 0 Å². The van der Waals surface area contributed by atoms with E-state index in [9.17, 15) is 4.79 Å². The number of rotatable bonds is 5. The van der Waals surface area contributed by atoms with Crippen molar-refractivity contribution in [2.75, 3.05) is 0 Å². The largest absolute Gasteiger partial charge is 2.00 e. The first-order valence-corrected chi connectivity index (χ1v) is 6.49. The minimum Gasteiger partial charge on any atom is -0.678 e. The molecule has 0 fully saturated rings. The van der Waals surface area contributed by atoms with E-state index < -0.39 is 0 Å². The van der Waals surface area contributed by atoms with Crippen molar-refractivity contribution >= 4 is 5.78 Å². The molecule has 0 bridgehead atoms. The van der Waals surface area contributed by atoms with Gasteiger partial charge in [-0.1, -0.05) is 54.9 Å². The average molecular weight is 436 g/mol. The number of hydrogen-bond donors (Lipinski definition) is 0. The second-order valence-electron chi connectivity index (χ2n) is 5.48. The molecule has 0 aromatic rings. The van der Waals surface area contributed by atoms with Gasteiger partial charge in [-0.3, -0.25) is 0 Å². The van der Waals surface area contributed by atoms with E-state index in [-0.39, 0.29) is 32.3 Å². The molecule has 0 aromatic heterocycles. The van der Waals surface area contributed by atoms with Gasteiger partial charge in [-0.05, 0) is 11.2 Å². The van der Waals surface area contributed by atoms with Crippen molar-refractivity contribution in [3.8, 4) is 0 Å². The Morgan fingerprint density at radius 3 is 2.05 bits per heavy atom. The molecule has 19 heavy (non-hydrogen) atoms. The number of carbonyl (C=O) groups is 1. The van der Waals surface area contributed by atoms with Crippen LogP contribution in [0.1, 0.15) is 54.9 Å². The molecule has 0 saturated carbocycles. The van der Waals surface area contributed by atoms with Gasteiger partial charge in [0.1, 0.15) is 0 Å². The van der Waals surface area contributed by atoms with E-state index in [1.807, 2.05) is 34.6 Å². The first kappa shape index (κ1) is 23.7. The summed E-state index contributed by atoms with van der Waals surface area (Å²) in [5.74, 6) is 0.598. The minimum atomic E-state index is -0.253. The fourth-order valence-corrected chi connectivity index (χ4v) is 0.761. The third-order valence-electron chi connectivity index (χ3n) is 1.56. The Morgan fingerprint density at radius 2 is 1.79 bits per heavy atom. The van der Waals surface area contributed by atoms with E-state index in [1.165, 1.54) is 12.5 Å². The maximum Gasteiger partial charge on any atom is 2.00 e. The topological polar surface area (TPSA) is 26.3 Å². The van der Waals surface area contributed by atoms with Crippen molar-refractivity contribution in [3.63, 3.8) is 0 Å². The van der Waals surface area contributed by atoms with Crippen LogP contribution in [-0.2, 0) is 30.6 Å². The first-order valence-electron chi connectivity index (χ1n) is 6.49. The summed E-state index contributed by atoms with van der Waals surface area (Å²) in [4.78, 5) is 11.2. The predicted octanol–water partition coefficient (Wildman–Crippen LogP) is 4.72. The molecule has 0 radical (unpaired) electrons. The summed E-state index contributed by atoms with van der Waals surface area (Å²) in [6.07, 6.45) is 5.14. The zero-order valence-corrected chi connectivity index (χ0v) is 16.3. The number of carbonyl (C=O) groups excluding carboxylic acids is 1. The van der Waals surface area contributed by atoms with Crippen molar-refractivity contribution in [3.05, 3.63) is 31.1 Å². The molecule has 0 amide bonds. The third kappa shape index (κ3) is 15.6. The predicted molar refractivity (Wildman–Crippen MR) is 77.6 cm³/mol. The second-order valence-corrected chi connectivity index (χ2v) is 5.48. The fraction of sp³-hybridized carbons (Fsp3) is 0.625. The van der Waals surface area contributed by atoms with Gasteiger partial charge >= 0.3 is 21.1 Å². The van der Waals surface area contributed by atoms with Crippen LogP contribution in [0.25, 0.3) is 0 Å². The molecule has 0 rings (SSSR count). The van der Waals surface area contributed by atoms with E-state index in [0.717, 1.165) is 0 Å². The normalized spacial score (nSPS) is 11.1. The Balaban J connectivity index is -0.000000580. The van der Waals surface area contributed by atoms with E-state index in [1.54, 1.807) is 6.61 Å². The average Bonchev–Trinajstić information content (AvgIpc) is 2.22. The van der Waals surface area contributed by atoms with Crippen LogP contribution < -0.4 is 0 Å². The zero-order chi connectivity index (χ0) is 14.8. The monoisotopic (exact) mass is 436 g/mol. The van der Waals surface area contributed by atoms with E-state index in [0.29, 0.717) is 11.7 Å². The van der Waals surface area contributed by atoms with Gasteiger partial charge in [-0.15, -0.1) is 5.92 Å². The SMILES string of the molecule is C=CC(=O)[C-]=C(O[CH-]C(C)C)C(C)(C)C.CCC.[W+2]. The van der Waals surface area contributed by atoms with Gasteiger partial charge in [0.05, 0.1) is 0 Å². The fourth-order valence-electron chi connectivity index (χ4n) is 0.761. The van der Waals surface area contributed by atoms with E-state index >= 15 is 0 Å². The van der Waals surface area contributed by atoms with Crippen LogP contribution in [0.3, 0.4) is 0 Å². The molecular formula is C16H28O2W. The molecule has 2 nitrogen and oxygen atoms in total. The summed E-state index contributed by atoms with van der Waals surface area (Å²) < 4.78 is 5.45. The van der Waals surface area contributed by atoms with Crippen LogP contribution in [0.15, 0.2) is 18.4 Å². The Morgan fingerprint density at radius 1 is 1.37 bits per heavy atom. The molecule has 0 heterocycles. The number of ketones is 1. The molecule has 0 unspecified atom stereocenters. The molecule has 0 aliphatic heterocycles. The number of allylic oxidation sites excluding steroid dienone is 3. The summed E-state index contributed by atoms with van der Waals surface area (Å²) in [5.41, 5.74) is -0.232.